The van der Waals surface area contributed by atoms with E-state index >= 15 is 0 Å². The molecule has 0 bridgehead atoms. The second kappa shape index (κ2) is 6.68. The fraction of sp³-hybridized carbons (Fsp3) is 0.769. The van der Waals surface area contributed by atoms with Gasteiger partial charge in [-0.3, -0.25) is 4.68 Å². The first-order valence-electron chi connectivity index (χ1n) is 6.49. The van der Waals surface area contributed by atoms with E-state index < -0.39 is 5.60 Å². The summed E-state index contributed by atoms with van der Waals surface area (Å²) in [5.74, 6) is 0.288. The highest BCUT2D eigenvalue weighted by Crippen LogP contribution is 2.19. The van der Waals surface area contributed by atoms with Gasteiger partial charge in [-0.2, -0.15) is 5.10 Å². The minimum Gasteiger partial charge on any atom is -0.389 e. The molecule has 1 aromatic rings. The number of hydrogen-bond donors (Lipinski definition) is 2. The zero-order valence-electron chi connectivity index (χ0n) is 11.7. The lowest BCUT2D eigenvalue weighted by Gasteiger charge is -2.31. The Morgan fingerprint density at radius 1 is 1.56 bits per heavy atom. The Hall–Kier alpha value is -0.390. The lowest BCUT2D eigenvalue weighted by Crippen LogP contribution is -2.46. The van der Waals surface area contributed by atoms with Gasteiger partial charge in [-0.25, -0.2) is 0 Å². The first-order valence-corrected chi connectivity index (χ1v) is 7.28. The van der Waals surface area contributed by atoms with Crippen LogP contribution in [0.5, 0.6) is 0 Å². The van der Waals surface area contributed by atoms with E-state index in [1.165, 1.54) is 0 Å². The first kappa shape index (κ1) is 15.7. The summed E-state index contributed by atoms with van der Waals surface area (Å²) < 4.78 is 2.88. The quantitative estimate of drug-likeness (QED) is 0.812. The molecular weight excluding hydrogens is 294 g/mol. The molecule has 0 aliphatic heterocycles. The molecule has 3 unspecified atom stereocenters. The van der Waals surface area contributed by atoms with Gasteiger partial charge in [0.1, 0.15) is 0 Å². The molecule has 4 nitrogen and oxygen atoms in total. The van der Waals surface area contributed by atoms with Gasteiger partial charge in [-0.05, 0) is 35.7 Å². The molecule has 0 aliphatic carbocycles. The van der Waals surface area contributed by atoms with E-state index in [2.05, 4.69) is 47.1 Å². The molecule has 5 heteroatoms. The van der Waals surface area contributed by atoms with Crippen molar-refractivity contribution in [2.45, 2.75) is 52.3 Å². The minimum absolute atomic E-state index is 0.271. The van der Waals surface area contributed by atoms with Crippen molar-refractivity contribution in [2.24, 2.45) is 5.92 Å². The van der Waals surface area contributed by atoms with Gasteiger partial charge in [-0.1, -0.05) is 20.3 Å². The summed E-state index contributed by atoms with van der Waals surface area (Å²) in [6.45, 7) is 9.57. The van der Waals surface area contributed by atoms with Crippen LogP contribution in [-0.2, 0) is 6.54 Å². The highest BCUT2D eigenvalue weighted by atomic mass is 79.9. The zero-order valence-corrected chi connectivity index (χ0v) is 13.2. The van der Waals surface area contributed by atoms with E-state index in [1.807, 2.05) is 17.8 Å². The highest BCUT2D eigenvalue weighted by Gasteiger charge is 2.27. The molecule has 0 saturated carbocycles. The molecule has 0 amide bonds. The summed E-state index contributed by atoms with van der Waals surface area (Å²) >= 11 is 3.38. The Morgan fingerprint density at radius 3 is 2.72 bits per heavy atom. The van der Waals surface area contributed by atoms with E-state index in [1.54, 1.807) is 6.20 Å². The van der Waals surface area contributed by atoms with Crippen LogP contribution in [0.15, 0.2) is 16.9 Å². The van der Waals surface area contributed by atoms with Crippen molar-refractivity contribution in [3.05, 3.63) is 16.9 Å². The van der Waals surface area contributed by atoms with Crippen molar-refractivity contribution in [3.63, 3.8) is 0 Å². The molecule has 2 N–H and O–H groups in total. The van der Waals surface area contributed by atoms with Crippen LogP contribution in [0.25, 0.3) is 0 Å². The van der Waals surface area contributed by atoms with Crippen molar-refractivity contribution >= 4 is 15.9 Å². The van der Waals surface area contributed by atoms with E-state index in [0.717, 1.165) is 17.4 Å². The number of nitrogens with one attached hydrogen (secondary N) is 1. The number of halogens is 1. The predicted octanol–water partition coefficient (Wildman–Crippen LogP) is 2.42. The first-order chi connectivity index (χ1) is 8.35. The number of rotatable bonds is 7. The molecule has 1 aromatic heterocycles. The van der Waals surface area contributed by atoms with Crippen molar-refractivity contribution in [2.75, 3.05) is 6.54 Å². The van der Waals surface area contributed by atoms with Crippen LogP contribution in [-0.4, -0.2) is 33.1 Å². The summed E-state index contributed by atoms with van der Waals surface area (Å²) in [6, 6.07) is 0.271. The monoisotopic (exact) mass is 317 g/mol. The van der Waals surface area contributed by atoms with E-state index in [0.29, 0.717) is 6.54 Å². The molecule has 0 aromatic carbocycles. The average molecular weight is 318 g/mol. The Morgan fingerprint density at radius 2 is 2.22 bits per heavy atom. The predicted molar refractivity (Wildman–Crippen MR) is 77.5 cm³/mol. The summed E-state index contributed by atoms with van der Waals surface area (Å²) in [7, 11) is 0. The van der Waals surface area contributed by atoms with Gasteiger partial charge >= 0.3 is 0 Å². The smallest absolute Gasteiger partial charge is 0.0768 e. The fourth-order valence-corrected chi connectivity index (χ4v) is 2.11. The third kappa shape index (κ3) is 4.71. The van der Waals surface area contributed by atoms with Crippen LogP contribution in [0, 0.1) is 5.92 Å². The molecule has 0 spiro atoms. The van der Waals surface area contributed by atoms with E-state index in [4.69, 9.17) is 0 Å². The summed E-state index contributed by atoms with van der Waals surface area (Å²) in [5.41, 5.74) is -0.659. The second-order valence-electron chi connectivity index (χ2n) is 5.33. The minimum atomic E-state index is -0.659. The lowest BCUT2D eigenvalue weighted by atomic mass is 9.88. The van der Waals surface area contributed by atoms with Gasteiger partial charge in [-0.15, -0.1) is 0 Å². The van der Waals surface area contributed by atoms with E-state index in [9.17, 15) is 5.11 Å². The molecule has 1 rings (SSSR count). The summed E-state index contributed by atoms with van der Waals surface area (Å²) in [6.07, 6.45) is 4.71. The maximum absolute atomic E-state index is 10.3. The standard InChI is InChI=1S/C13H24BrN3O/c1-5-10(2)13(4,18)9-15-11(3)7-17-8-12(14)6-16-17/h6,8,10-11,15,18H,5,7,9H2,1-4H3. The number of aliphatic hydroxyl groups is 1. The molecule has 0 saturated heterocycles. The van der Waals surface area contributed by atoms with Crippen LogP contribution in [0.4, 0.5) is 0 Å². The number of nitrogens with zero attached hydrogens (tertiary/aromatic N) is 2. The average Bonchev–Trinajstić information content (AvgIpc) is 2.71. The molecule has 1 heterocycles. The molecule has 0 radical (unpaired) electrons. The number of aromatic nitrogens is 2. The number of hydrogen-bond acceptors (Lipinski definition) is 3. The second-order valence-corrected chi connectivity index (χ2v) is 6.24. The van der Waals surface area contributed by atoms with Crippen LogP contribution in [0.2, 0.25) is 0 Å². The Labute approximate surface area is 118 Å². The van der Waals surface area contributed by atoms with Gasteiger partial charge in [0.2, 0.25) is 0 Å². The Balaban J connectivity index is 2.39. The maximum Gasteiger partial charge on any atom is 0.0768 e. The Bertz CT molecular complexity index is 365. The summed E-state index contributed by atoms with van der Waals surface area (Å²) in [4.78, 5) is 0. The van der Waals surface area contributed by atoms with Gasteiger partial charge in [0.25, 0.3) is 0 Å². The maximum atomic E-state index is 10.3. The van der Waals surface area contributed by atoms with Gasteiger partial charge in [0.15, 0.2) is 0 Å². The van der Waals surface area contributed by atoms with E-state index in [-0.39, 0.29) is 12.0 Å². The molecule has 0 fully saturated rings. The SMILES string of the molecule is CCC(C)C(C)(O)CNC(C)Cn1cc(Br)cn1. The topological polar surface area (TPSA) is 50.1 Å². The normalized spacial score (nSPS) is 18.3. The molecule has 18 heavy (non-hydrogen) atoms. The van der Waals surface area contributed by atoms with Crippen LogP contribution in [0.1, 0.15) is 34.1 Å². The third-order valence-corrected chi connectivity index (χ3v) is 3.95. The molecular formula is C13H24BrN3O. The lowest BCUT2D eigenvalue weighted by molar-refractivity contribution is 0.00323. The third-order valence-electron chi connectivity index (χ3n) is 3.55. The molecule has 3 atom stereocenters. The van der Waals surface area contributed by atoms with Crippen molar-refractivity contribution in [1.29, 1.82) is 0 Å². The highest BCUT2D eigenvalue weighted by molar-refractivity contribution is 9.10. The molecule has 0 aliphatic rings. The van der Waals surface area contributed by atoms with Gasteiger partial charge in [0, 0.05) is 18.8 Å². The van der Waals surface area contributed by atoms with Crippen LogP contribution < -0.4 is 5.32 Å². The van der Waals surface area contributed by atoms with Crippen LogP contribution in [0.3, 0.4) is 0 Å². The van der Waals surface area contributed by atoms with Crippen molar-refractivity contribution in [1.82, 2.24) is 15.1 Å². The van der Waals surface area contributed by atoms with Crippen LogP contribution >= 0.6 is 15.9 Å². The Kier molecular flexibility index (Phi) is 5.82. The fourth-order valence-electron chi connectivity index (χ4n) is 1.78. The van der Waals surface area contributed by atoms with Crippen molar-refractivity contribution < 1.29 is 5.11 Å². The molecule has 104 valence electrons. The van der Waals surface area contributed by atoms with Crippen molar-refractivity contribution in [3.8, 4) is 0 Å². The zero-order chi connectivity index (χ0) is 13.8. The van der Waals surface area contributed by atoms with Gasteiger partial charge in [0.05, 0.1) is 22.8 Å². The largest absolute Gasteiger partial charge is 0.389 e. The van der Waals surface area contributed by atoms with Gasteiger partial charge < -0.3 is 10.4 Å². The summed E-state index contributed by atoms with van der Waals surface area (Å²) in [5, 5.41) is 17.9.